The summed E-state index contributed by atoms with van der Waals surface area (Å²) in [4.78, 5) is 24.8. The minimum absolute atomic E-state index is 0.0324. The van der Waals surface area contributed by atoms with Crippen LogP contribution in [0, 0.1) is 35.0 Å². The number of epoxide rings is 1. The van der Waals surface area contributed by atoms with Crippen molar-refractivity contribution in [3.05, 3.63) is 11.6 Å². The summed E-state index contributed by atoms with van der Waals surface area (Å²) < 4.78 is 38.2. The lowest BCUT2D eigenvalue weighted by molar-refractivity contribution is -0.396. The number of carbonyl (C=O) groups is 2. The molecule has 0 unspecified atom stereocenters. The molecule has 2 bridgehead atoms. The van der Waals surface area contributed by atoms with Gasteiger partial charge in [0, 0.05) is 49.9 Å². The van der Waals surface area contributed by atoms with Gasteiger partial charge in [0.15, 0.2) is 0 Å². The zero-order chi connectivity index (χ0) is 28.6. The van der Waals surface area contributed by atoms with Gasteiger partial charge in [0.1, 0.15) is 23.4 Å². The number of hydrogen-bond donors (Lipinski definition) is 0. The van der Waals surface area contributed by atoms with E-state index < -0.39 is 22.8 Å². The van der Waals surface area contributed by atoms with Crippen molar-refractivity contribution in [1.29, 1.82) is 0 Å². The molecule has 0 radical (unpaired) electrons. The number of ether oxygens (including phenoxy) is 6. The van der Waals surface area contributed by atoms with Gasteiger partial charge in [-0.3, -0.25) is 9.59 Å². The van der Waals surface area contributed by atoms with Gasteiger partial charge in [-0.05, 0) is 57.4 Å². The Kier molecular flexibility index (Phi) is 5.70. The Hall–Kier alpha value is -1.48. The predicted molar refractivity (Wildman–Crippen MR) is 144 cm³/mol. The van der Waals surface area contributed by atoms with Gasteiger partial charge < -0.3 is 28.4 Å². The normalized spacial score (nSPS) is 54.2. The number of hydrogen-bond acceptors (Lipinski definition) is 8. The molecule has 6 fully saturated rings. The molecule has 7 aliphatic rings. The van der Waals surface area contributed by atoms with Crippen molar-refractivity contribution < 1.29 is 38.0 Å². The van der Waals surface area contributed by atoms with E-state index in [1.807, 2.05) is 0 Å². The molecule has 4 aliphatic heterocycles. The van der Waals surface area contributed by atoms with Gasteiger partial charge in [-0.25, -0.2) is 0 Å². The maximum absolute atomic E-state index is 12.5. The van der Waals surface area contributed by atoms with Crippen LogP contribution in [0.2, 0.25) is 0 Å². The van der Waals surface area contributed by atoms with Gasteiger partial charge >= 0.3 is 11.9 Å². The van der Waals surface area contributed by atoms with Crippen LogP contribution in [-0.4, -0.2) is 59.1 Å². The fourth-order valence-electron chi connectivity index (χ4n) is 10.2. The van der Waals surface area contributed by atoms with Crippen molar-refractivity contribution in [2.24, 2.45) is 35.0 Å². The molecule has 0 aromatic heterocycles. The van der Waals surface area contributed by atoms with E-state index in [2.05, 4.69) is 54.5 Å². The zero-order valence-corrected chi connectivity index (χ0v) is 25.3. The van der Waals surface area contributed by atoms with Crippen molar-refractivity contribution in [2.75, 3.05) is 0 Å². The van der Waals surface area contributed by atoms with E-state index in [1.165, 1.54) is 12.5 Å². The Bertz CT molecular complexity index is 1160. The lowest BCUT2D eigenvalue weighted by atomic mass is 9.52. The minimum atomic E-state index is -1.02. The maximum Gasteiger partial charge on any atom is 0.306 e. The van der Waals surface area contributed by atoms with Gasteiger partial charge in [-0.1, -0.05) is 33.3 Å². The molecule has 2 saturated carbocycles. The molecule has 0 N–H and O–H groups in total. The van der Waals surface area contributed by atoms with Crippen molar-refractivity contribution in [1.82, 2.24) is 0 Å². The first-order chi connectivity index (χ1) is 18.7. The summed E-state index contributed by atoms with van der Waals surface area (Å²) in [6, 6.07) is 0. The first-order valence-corrected chi connectivity index (χ1v) is 15.5. The Labute approximate surface area is 237 Å². The monoisotopic (exact) mass is 558 g/mol. The number of carbonyl (C=O) groups excluding carboxylic acids is 2. The molecule has 7 rings (SSSR count). The van der Waals surface area contributed by atoms with Crippen LogP contribution in [-0.2, 0) is 38.0 Å². The highest BCUT2D eigenvalue weighted by atomic mass is 16.9. The topological polar surface area (TPSA) is 92.8 Å². The lowest BCUT2D eigenvalue weighted by Crippen LogP contribution is -2.58. The average Bonchev–Trinajstić information content (AvgIpc) is 3.42. The summed E-state index contributed by atoms with van der Waals surface area (Å²) in [7, 11) is 0. The van der Waals surface area contributed by atoms with Gasteiger partial charge in [0.25, 0.3) is 5.97 Å². The zero-order valence-electron chi connectivity index (χ0n) is 25.3. The molecule has 8 heteroatoms. The molecule has 222 valence electrons. The Morgan fingerprint density at radius 1 is 1.18 bits per heavy atom. The smallest absolute Gasteiger partial charge is 0.306 e. The Morgan fingerprint density at radius 2 is 1.93 bits per heavy atom. The summed E-state index contributed by atoms with van der Waals surface area (Å²) in [6.07, 6.45) is 6.40. The molecule has 4 heterocycles. The van der Waals surface area contributed by atoms with E-state index >= 15 is 0 Å². The third-order valence-corrected chi connectivity index (χ3v) is 12.7. The van der Waals surface area contributed by atoms with Crippen molar-refractivity contribution >= 4 is 11.9 Å². The van der Waals surface area contributed by atoms with E-state index in [0.717, 1.165) is 19.3 Å². The van der Waals surface area contributed by atoms with Crippen molar-refractivity contribution in [2.45, 2.75) is 141 Å². The van der Waals surface area contributed by atoms with Crippen LogP contribution in [0.25, 0.3) is 0 Å². The Balaban J connectivity index is 1.24. The first-order valence-electron chi connectivity index (χ1n) is 15.5. The van der Waals surface area contributed by atoms with Gasteiger partial charge in [-0.2, -0.15) is 0 Å². The second-order valence-electron chi connectivity index (χ2n) is 14.8. The molecular weight excluding hydrogens is 512 g/mol. The van der Waals surface area contributed by atoms with Crippen LogP contribution >= 0.6 is 0 Å². The highest BCUT2D eigenvalue weighted by molar-refractivity contribution is 5.73. The van der Waals surface area contributed by atoms with E-state index in [4.69, 9.17) is 28.4 Å². The van der Waals surface area contributed by atoms with Gasteiger partial charge in [0.2, 0.25) is 0 Å². The van der Waals surface area contributed by atoms with E-state index in [-0.39, 0.29) is 65.4 Å². The lowest BCUT2D eigenvalue weighted by Gasteiger charge is -2.54. The standard InChI is InChI=1S/C32H46O8/c1-9-32-37-22(15-29(7,40-32)28(5,6)39-32)16(2)20-10-11-21-25-19(14-23(30(20,21)8)35-18(4)33)17(3)31(27-26(25)36-27)13-12-24(34)38-31/h14,16-17,20-23,25-27H,9-13,15H2,1-8H3/t16-,17-,20+,21-,22+,23-,25+,26-,27-,29+,30+,31-,32-/m0/s1. The van der Waals surface area contributed by atoms with Crippen molar-refractivity contribution in [3.8, 4) is 0 Å². The van der Waals surface area contributed by atoms with Crippen LogP contribution in [0.3, 0.4) is 0 Å². The van der Waals surface area contributed by atoms with E-state index in [9.17, 15) is 9.59 Å². The summed E-state index contributed by atoms with van der Waals surface area (Å²) >= 11 is 0. The molecule has 4 saturated heterocycles. The molecule has 40 heavy (non-hydrogen) atoms. The maximum atomic E-state index is 12.5. The second-order valence-corrected chi connectivity index (χ2v) is 14.8. The third kappa shape index (κ3) is 3.39. The summed E-state index contributed by atoms with van der Waals surface area (Å²) in [5.41, 5.74) is -0.518. The Morgan fingerprint density at radius 3 is 2.58 bits per heavy atom. The fourth-order valence-corrected chi connectivity index (χ4v) is 10.2. The molecule has 3 aliphatic carbocycles. The minimum Gasteiger partial charge on any atom is -0.458 e. The highest BCUT2D eigenvalue weighted by Gasteiger charge is 2.74. The summed E-state index contributed by atoms with van der Waals surface area (Å²) in [5.74, 6) is -0.372. The molecule has 13 atom stereocenters. The molecular formula is C32H46O8. The van der Waals surface area contributed by atoms with Crippen LogP contribution in [0.4, 0.5) is 0 Å². The molecule has 8 nitrogen and oxygen atoms in total. The predicted octanol–water partition coefficient (Wildman–Crippen LogP) is 5.07. The highest BCUT2D eigenvalue weighted by Crippen LogP contribution is 2.69. The van der Waals surface area contributed by atoms with E-state index in [0.29, 0.717) is 25.2 Å². The van der Waals surface area contributed by atoms with Crippen LogP contribution in [0.5, 0.6) is 0 Å². The largest absolute Gasteiger partial charge is 0.458 e. The summed E-state index contributed by atoms with van der Waals surface area (Å²) in [6.45, 7) is 16.7. The fraction of sp³-hybridized carbons (Fsp3) is 0.875. The van der Waals surface area contributed by atoms with Gasteiger partial charge in [0.05, 0.1) is 17.8 Å². The number of fused-ring (bicyclic) bond motifs is 8. The SMILES string of the molecule is CC[C@@]12O[C@@H]([C@@H](C)[C@H]3CC[C@H]4[C@H]5C(=C[C@H](OC(C)=O)[C@]34C)[C@H](C)[C@@]3(CCC(=O)O3)[C@H]3O[C@@H]53)C[C@@](C)(O1)C(C)(C)O2. The molecule has 0 amide bonds. The number of rotatable bonds is 4. The van der Waals surface area contributed by atoms with Crippen LogP contribution in [0.1, 0.15) is 93.9 Å². The number of esters is 2. The quantitative estimate of drug-likeness (QED) is 0.268. The third-order valence-electron chi connectivity index (χ3n) is 12.7. The molecule has 0 aromatic rings. The van der Waals surface area contributed by atoms with Crippen LogP contribution in [0.15, 0.2) is 11.6 Å². The van der Waals surface area contributed by atoms with E-state index in [1.54, 1.807) is 0 Å². The second kappa shape index (κ2) is 8.33. The average molecular weight is 559 g/mol. The first kappa shape index (κ1) is 27.4. The van der Waals surface area contributed by atoms with Crippen LogP contribution < -0.4 is 0 Å². The molecule has 0 aromatic carbocycles. The summed E-state index contributed by atoms with van der Waals surface area (Å²) in [5, 5.41) is 0. The van der Waals surface area contributed by atoms with Gasteiger partial charge in [-0.15, -0.1) is 0 Å². The molecule has 1 spiro atoms. The van der Waals surface area contributed by atoms with Crippen molar-refractivity contribution in [3.63, 3.8) is 0 Å².